The van der Waals surface area contributed by atoms with Crippen molar-refractivity contribution in [3.8, 4) is 17.5 Å². The van der Waals surface area contributed by atoms with Crippen LogP contribution in [0.3, 0.4) is 0 Å². The van der Waals surface area contributed by atoms with Crippen molar-refractivity contribution in [2.75, 3.05) is 0 Å². The lowest BCUT2D eigenvalue weighted by molar-refractivity contribution is -0.189. The number of nitrogens with zero attached hydrogens (tertiary/aromatic N) is 4. The van der Waals surface area contributed by atoms with E-state index in [0.717, 1.165) is 13.0 Å². The molecule has 0 aliphatic carbocycles. The van der Waals surface area contributed by atoms with Gasteiger partial charge in [0.25, 0.3) is 5.91 Å². The van der Waals surface area contributed by atoms with Gasteiger partial charge in [0.1, 0.15) is 23.2 Å². The van der Waals surface area contributed by atoms with E-state index >= 15 is 0 Å². The first-order valence-corrected chi connectivity index (χ1v) is 10.0. The highest BCUT2D eigenvalue weighted by atomic mass is 35.5. The van der Waals surface area contributed by atoms with Gasteiger partial charge in [-0.25, -0.2) is 9.07 Å². The van der Waals surface area contributed by atoms with Crippen LogP contribution in [0.15, 0.2) is 42.6 Å². The van der Waals surface area contributed by atoms with Gasteiger partial charge in [0, 0.05) is 18.3 Å². The van der Waals surface area contributed by atoms with Gasteiger partial charge in [-0.05, 0) is 43.3 Å². The van der Waals surface area contributed by atoms with E-state index in [9.17, 15) is 27.6 Å². The number of carbonyl (C=O) groups excluding carboxylic acids is 1. The lowest BCUT2D eigenvalue weighted by Crippen LogP contribution is -2.33. The summed E-state index contributed by atoms with van der Waals surface area (Å²) >= 11 is 6.21. The summed E-state index contributed by atoms with van der Waals surface area (Å²) in [7, 11) is 0. The summed E-state index contributed by atoms with van der Waals surface area (Å²) in [6.07, 6.45) is -5.16. The van der Waals surface area contributed by atoms with Gasteiger partial charge in [0.2, 0.25) is 0 Å². The molecule has 170 valence electrons. The Bertz CT molecular complexity index is 1240. The number of alkyl halides is 3. The first kappa shape index (κ1) is 22.6. The van der Waals surface area contributed by atoms with Crippen molar-refractivity contribution in [3.05, 3.63) is 75.8 Å². The molecule has 3 aromatic rings. The van der Waals surface area contributed by atoms with E-state index in [1.54, 1.807) is 23.0 Å². The topological polar surface area (TPSA) is 71.2 Å². The number of rotatable bonds is 4. The SMILES string of the molecule is C[C@H](Oc1ccc(C#N)c(Cl)c1C(=O)N1Cc2cn(-c3ccc(F)cc3)nc2C1)C(F)(F)F. The van der Waals surface area contributed by atoms with E-state index in [1.165, 1.54) is 23.1 Å². The number of nitriles is 1. The van der Waals surface area contributed by atoms with Crippen LogP contribution >= 0.6 is 11.6 Å². The van der Waals surface area contributed by atoms with Gasteiger partial charge in [0.15, 0.2) is 6.10 Å². The molecule has 1 amide bonds. The van der Waals surface area contributed by atoms with Crippen LogP contribution in [0.4, 0.5) is 17.6 Å². The zero-order chi connectivity index (χ0) is 23.9. The summed E-state index contributed by atoms with van der Waals surface area (Å²) in [6.45, 7) is 1.00. The zero-order valence-corrected chi connectivity index (χ0v) is 17.8. The fourth-order valence-corrected chi connectivity index (χ4v) is 3.66. The van der Waals surface area contributed by atoms with Gasteiger partial charge < -0.3 is 9.64 Å². The number of aromatic nitrogens is 2. The molecule has 0 radical (unpaired) electrons. The molecule has 0 N–H and O–H groups in total. The van der Waals surface area contributed by atoms with Crippen LogP contribution in [0.25, 0.3) is 5.69 Å². The lowest BCUT2D eigenvalue weighted by Gasteiger charge is -2.23. The predicted octanol–water partition coefficient (Wildman–Crippen LogP) is 5.02. The van der Waals surface area contributed by atoms with Crippen LogP contribution in [0.1, 0.15) is 34.1 Å². The third-order valence-corrected chi connectivity index (χ3v) is 5.55. The number of ether oxygens (including phenoxy) is 1. The molecule has 0 fully saturated rings. The predicted molar refractivity (Wildman–Crippen MR) is 109 cm³/mol. The average molecular weight is 479 g/mol. The van der Waals surface area contributed by atoms with Crippen molar-refractivity contribution in [1.82, 2.24) is 14.7 Å². The van der Waals surface area contributed by atoms with Crippen LogP contribution < -0.4 is 4.74 Å². The maximum absolute atomic E-state index is 13.2. The number of hydrogen-bond acceptors (Lipinski definition) is 4. The first-order valence-electron chi connectivity index (χ1n) is 9.67. The molecule has 1 aliphatic heterocycles. The lowest BCUT2D eigenvalue weighted by atomic mass is 10.1. The third kappa shape index (κ3) is 4.36. The van der Waals surface area contributed by atoms with Gasteiger partial charge in [-0.1, -0.05) is 11.6 Å². The number of amides is 1. The Labute approximate surface area is 190 Å². The molecule has 0 unspecified atom stereocenters. The first-order chi connectivity index (χ1) is 15.6. The van der Waals surface area contributed by atoms with Crippen molar-refractivity contribution in [3.63, 3.8) is 0 Å². The smallest absolute Gasteiger partial charge is 0.425 e. The molecule has 1 atom stereocenters. The summed E-state index contributed by atoms with van der Waals surface area (Å²) in [6, 6.07) is 9.84. The molecule has 4 rings (SSSR count). The molecule has 0 bridgehead atoms. The molecule has 33 heavy (non-hydrogen) atoms. The summed E-state index contributed by atoms with van der Waals surface area (Å²) in [5.41, 5.74) is 1.54. The summed E-state index contributed by atoms with van der Waals surface area (Å²) in [5.74, 6) is -1.44. The quantitative estimate of drug-likeness (QED) is 0.494. The molecule has 2 aromatic carbocycles. The summed E-state index contributed by atoms with van der Waals surface area (Å²) in [5, 5.41) is 13.4. The van der Waals surface area contributed by atoms with Crippen LogP contribution in [0.5, 0.6) is 5.75 Å². The minimum absolute atomic E-state index is 0.0644. The molecule has 1 aliphatic rings. The summed E-state index contributed by atoms with van der Waals surface area (Å²) in [4.78, 5) is 14.6. The highest BCUT2D eigenvalue weighted by molar-refractivity contribution is 6.35. The maximum atomic E-state index is 13.2. The third-order valence-electron chi connectivity index (χ3n) is 5.16. The fraction of sp³-hybridized carbons (Fsp3) is 0.227. The minimum Gasteiger partial charge on any atom is -0.480 e. The second kappa shape index (κ2) is 8.41. The Kier molecular flexibility index (Phi) is 5.76. The van der Waals surface area contributed by atoms with Crippen LogP contribution in [-0.4, -0.2) is 32.9 Å². The van der Waals surface area contributed by atoms with E-state index in [0.29, 0.717) is 16.9 Å². The van der Waals surface area contributed by atoms with Crippen molar-refractivity contribution >= 4 is 17.5 Å². The number of benzene rings is 2. The van der Waals surface area contributed by atoms with Gasteiger partial charge in [-0.3, -0.25) is 4.79 Å². The monoisotopic (exact) mass is 478 g/mol. The van der Waals surface area contributed by atoms with E-state index in [2.05, 4.69) is 5.10 Å². The van der Waals surface area contributed by atoms with Gasteiger partial charge >= 0.3 is 6.18 Å². The Morgan fingerprint density at radius 2 is 1.91 bits per heavy atom. The van der Waals surface area contributed by atoms with Crippen molar-refractivity contribution in [2.45, 2.75) is 32.3 Å². The fourth-order valence-electron chi connectivity index (χ4n) is 3.38. The number of hydrogen-bond donors (Lipinski definition) is 0. The second-order valence-corrected chi connectivity index (χ2v) is 7.77. The molecule has 6 nitrogen and oxygen atoms in total. The summed E-state index contributed by atoms with van der Waals surface area (Å²) < 4.78 is 58.7. The van der Waals surface area contributed by atoms with Gasteiger partial charge in [-0.2, -0.15) is 23.5 Å². The van der Waals surface area contributed by atoms with E-state index in [4.69, 9.17) is 16.3 Å². The number of carbonyl (C=O) groups is 1. The van der Waals surface area contributed by atoms with Crippen LogP contribution in [0, 0.1) is 17.1 Å². The van der Waals surface area contributed by atoms with E-state index in [1.807, 2.05) is 6.07 Å². The Hall–Kier alpha value is -3.58. The zero-order valence-electron chi connectivity index (χ0n) is 17.0. The number of fused-ring (bicyclic) bond motifs is 1. The van der Waals surface area contributed by atoms with E-state index in [-0.39, 0.29) is 40.8 Å². The van der Waals surface area contributed by atoms with Gasteiger partial charge in [-0.15, -0.1) is 0 Å². The van der Waals surface area contributed by atoms with Crippen LogP contribution in [0.2, 0.25) is 5.02 Å². The van der Waals surface area contributed by atoms with Crippen molar-refractivity contribution < 1.29 is 27.1 Å². The Morgan fingerprint density at radius 3 is 2.52 bits per heavy atom. The largest absolute Gasteiger partial charge is 0.480 e. The molecule has 0 saturated carbocycles. The molecule has 11 heteroatoms. The molecular weight excluding hydrogens is 464 g/mol. The second-order valence-electron chi connectivity index (χ2n) is 7.40. The van der Waals surface area contributed by atoms with Crippen LogP contribution in [-0.2, 0) is 13.1 Å². The molecule has 0 spiro atoms. The standard InChI is InChI=1S/C22H15ClF4N4O2/c1-12(22(25,26)27)33-18-7-2-13(8-28)20(23)19(18)21(32)30-9-14-10-31(29-17(14)11-30)16-5-3-15(24)4-6-16/h2-7,10,12H,9,11H2,1H3/t12-/m0/s1. The highest BCUT2D eigenvalue weighted by Crippen LogP contribution is 2.36. The Morgan fingerprint density at radius 1 is 1.21 bits per heavy atom. The molecule has 2 heterocycles. The minimum atomic E-state index is -4.66. The molecule has 0 saturated heterocycles. The normalized spacial score (nSPS) is 14.0. The Balaban J connectivity index is 1.61. The van der Waals surface area contributed by atoms with Crippen molar-refractivity contribution in [1.29, 1.82) is 5.26 Å². The average Bonchev–Trinajstić information content (AvgIpc) is 3.33. The molecular formula is C22H15ClF4N4O2. The number of halogens is 5. The maximum Gasteiger partial charge on any atom is 0.425 e. The van der Waals surface area contributed by atoms with Gasteiger partial charge in [0.05, 0.1) is 28.5 Å². The van der Waals surface area contributed by atoms with Crippen molar-refractivity contribution in [2.24, 2.45) is 0 Å². The highest BCUT2D eigenvalue weighted by Gasteiger charge is 2.39. The molecule has 1 aromatic heterocycles. The van der Waals surface area contributed by atoms with E-state index < -0.39 is 18.2 Å².